The zero-order chi connectivity index (χ0) is 10.0. The molecule has 1 atom stereocenters. The second-order valence-corrected chi connectivity index (χ2v) is 2.92. The summed E-state index contributed by atoms with van der Waals surface area (Å²) in [6, 6.07) is 2.32. The summed E-state index contributed by atoms with van der Waals surface area (Å²) in [7, 11) is 0. The van der Waals surface area contributed by atoms with E-state index in [0.29, 0.717) is 0 Å². The highest BCUT2D eigenvalue weighted by molar-refractivity contribution is 5.30. The third kappa shape index (κ3) is 2.15. The van der Waals surface area contributed by atoms with Crippen molar-refractivity contribution < 1.29 is 19.0 Å². The Morgan fingerprint density at radius 3 is 2.46 bits per heavy atom. The van der Waals surface area contributed by atoms with Crippen LogP contribution in [-0.2, 0) is 6.42 Å². The molecule has 1 aromatic carbocycles. The van der Waals surface area contributed by atoms with Gasteiger partial charge in [-0.25, -0.2) is 4.39 Å². The Morgan fingerprint density at radius 1 is 1.31 bits per heavy atom. The van der Waals surface area contributed by atoms with Crippen molar-refractivity contribution in [2.24, 2.45) is 0 Å². The van der Waals surface area contributed by atoms with Gasteiger partial charge in [-0.3, -0.25) is 0 Å². The third-order valence-corrected chi connectivity index (χ3v) is 1.66. The summed E-state index contributed by atoms with van der Waals surface area (Å²) in [5.41, 5.74) is 0.0605. The van der Waals surface area contributed by atoms with Gasteiger partial charge in [0.2, 0.25) is 5.82 Å². The molecule has 0 saturated carbocycles. The molecule has 0 spiro atoms. The second kappa shape index (κ2) is 3.70. The summed E-state index contributed by atoms with van der Waals surface area (Å²) >= 11 is 0. The normalized spacial score (nSPS) is 12.9. The molecule has 1 rings (SSSR count). The Hall–Kier alpha value is -1.16. The lowest BCUT2D eigenvalue weighted by atomic mass is 10.1. The highest BCUT2D eigenvalue weighted by Gasteiger charge is 2.13. The van der Waals surface area contributed by atoms with E-state index in [-0.39, 0.29) is 12.0 Å². The molecule has 4 heteroatoms. The first-order valence-electron chi connectivity index (χ1n) is 3.86. The summed E-state index contributed by atoms with van der Waals surface area (Å²) in [5.74, 6) is -3.08. The van der Waals surface area contributed by atoms with Gasteiger partial charge in [0, 0.05) is 6.42 Å². The van der Waals surface area contributed by atoms with Crippen molar-refractivity contribution in [2.75, 3.05) is 0 Å². The first-order chi connectivity index (χ1) is 6.02. The van der Waals surface area contributed by atoms with Crippen LogP contribution in [0.25, 0.3) is 0 Å². The van der Waals surface area contributed by atoms with Crippen LogP contribution in [0, 0.1) is 11.6 Å². The quantitative estimate of drug-likeness (QED) is 0.739. The molecule has 0 aliphatic carbocycles. The number of aliphatic hydroxyl groups excluding tert-OH is 1. The Morgan fingerprint density at radius 2 is 1.92 bits per heavy atom. The second-order valence-electron chi connectivity index (χ2n) is 2.92. The number of hydrogen-bond donors (Lipinski definition) is 2. The number of phenols is 1. The fourth-order valence-electron chi connectivity index (χ4n) is 1.06. The molecule has 0 aromatic heterocycles. The van der Waals surface area contributed by atoms with Gasteiger partial charge < -0.3 is 10.2 Å². The molecule has 13 heavy (non-hydrogen) atoms. The maximum atomic E-state index is 13.0. The van der Waals surface area contributed by atoms with E-state index < -0.39 is 23.5 Å². The fourth-order valence-corrected chi connectivity index (χ4v) is 1.06. The number of benzene rings is 1. The Kier molecular flexibility index (Phi) is 2.83. The summed E-state index contributed by atoms with van der Waals surface area (Å²) in [6.07, 6.45) is -0.707. The first-order valence-corrected chi connectivity index (χ1v) is 3.86. The van der Waals surface area contributed by atoms with E-state index in [4.69, 9.17) is 10.2 Å². The number of phenolic OH excluding ortho intramolecular Hbond substituents is 1. The molecule has 0 heterocycles. The molecule has 2 nitrogen and oxygen atoms in total. The Labute approximate surface area is 74.4 Å². The molecule has 0 saturated heterocycles. The van der Waals surface area contributed by atoms with E-state index in [1.165, 1.54) is 13.0 Å². The average molecular weight is 188 g/mol. The van der Waals surface area contributed by atoms with Gasteiger partial charge in [0.15, 0.2) is 11.6 Å². The monoisotopic (exact) mass is 188 g/mol. The third-order valence-electron chi connectivity index (χ3n) is 1.66. The molecular formula is C9H10F2O2. The number of aliphatic hydroxyl groups is 1. The molecule has 0 aliphatic rings. The predicted octanol–water partition coefficient (Wildman–Crippen LogP) is 1.59. The van der Waals surface area contributed by atoms with E-state index in [9.17, 15) is 8.78 Å². The molecule has 0 bridgehead atoms. The predicted molar refractivity (Wildman–Crippen MR) is 43.4 cm³/mol. The van der Waals surface area contributed by atoms with Crippen LogP contribution in [0.3, 0.4) is 0 Å². The number of rotatable bonds is 2. The van der Waals surface area contributed by atoms with Crippen molar-refractivity contribution in [1.82, 2.24) is 0 Å². The van der Waals surface area contributed by atoms with Crippen LogP contribution in [-0.4, -0.2) is 16.3 Å². The zero-order valence-corrected chi connectivity index (χ0v) is 7.09. The number of hydrogen-bond acceptors (Lipinski definition) is 2. The molecule has 0 aliphatic heterocycles. The minimum Gasteiger partial charge on any atom is -0.505 e. The molecule has 1 aromatic rings. The van der Waals surface area contributed by atoms with E-state index in [1.807, 2.05) is 0 Å². The van der Waals surface area contributed by atoms with Gasteiger partial charge in [-0.1, -0.05) is 6.07 Å². The maximum Gasteiger partial charge on any atom is 0.200 e. The first kappa shape index (κ1) is 9.92. The molecule has 1 unspecified atom stereocenters. The van der Waals surface area contributed by atoms with E-state index >= 15 is 0 Å². The topological polar surface area (TPSA) is 40.5 Å². The van der Waals surface area contributed by atoms with Crippen molar-refractivity contribution >= 4 is 0 Å². The lowest BCUT2D eigenvalue weighted by molar-refractivity contribution is 0.193. The van der Waals surface area contributed by atoms with Crippen LogP contribution in [0.1, 0.15) is 12.5 Å². The van der Waals surface area contributed by atoms with Crippen LogP contribution in [0.2, 0.25) is 0 Å². The van der Waals surface area contributed by atoms with Crippen molar-refractivity contribution in [3.8, 4) is 5.75 Å². The van der Waals surface area contributed by atoms with E-state index in [1.54, 1.807) is 0 Å². The highest BCUT2D eigenvalue weighted by Crippen LogP contribution is 2.21. The van der Waals surface area contributed by atoms with Crippen LogP contribution in [0.5, 0.6) is 5.75 Å². The smallest absolute Gasteiger partial charge is 0.200 e. The molecule has 2 N–H and O–H groups in total. The van der Waals surface area contributed by atoms with Gasteiger partial charge in [-0.15, -0.1) is 0 Å². The van der Waals surface area contributed by atoms with Gasteiger partial charge >= 0.3 is 0 Å². The van der Waals surface area contributed by atoms with Gasteiger partial charge in [0.05, 0.1) is 6.10 Å². The molecular weight excluding hydrogens is 178 g/mol. The van der Waals surface area contributed by atoms with Crippen molar-refractivity contribution in [3.05, 3.63) is 29.3 Å². The average Bonchev–Trinajstić information content (AvgIpc) is 2.06. The lowest BCUT2D eigenvalue weighted by Gasteiger charge is -2.06. The van der Waals surface area contributed by atoms with E-state index in [0.717, 1.165) is 6.07 Å². The minimum absolute atomic E-state index is 0.0308. The molecule has 0 amide bonds. The van der Waals surface area contributed by atoms with Crippen LogP contribution in [0.15, 0.2) is 12.1 Å². The SMILES string of the molecule is CC(O)Cc1ccc(O)c(F)c1F. The largest absolute Gasteiger partial charge is 0.505 e. The fraction of sp³-hybridized carbons (Fsp3) is 0.333. The van der Waals surface area contributed by atoms with Crippen LogP contribution >= 0.6 is 0 Å². The maximum absolute atomic E-state index is 13.0. The van der Waals surface area contributed by atoms with Crippen molar-refractivity contribution in [2.45, 2.75) is 19.4 Å². The van der Waals surface area contributed by atoms with Gasteiger partial charge in [-0.2, -0.15) is 4.39 Å². The summed E-state index contributed by atoms with van der Waals surface area (Å²) in [5, 5.41) is 17.7. The van der Waals surface area contributed by atoms with Gasteiger partial charge in [0.1, 0.15) is 0 Å². The standard InChI is InChI=1S/C9H10F2O2/c1-5(12)4-6-2-3-7(13)9(11)8(6)10/h2-3,5,12-13H,4H2,1H3. The number of aromatic hydroxyl groups is 1. The highest BCUT2D eigenvalue weighted by atomic mass is 19.2. The van der Waals surface area contributed by atoms with Crippen LogP contribution < -0.4 is 0 Å². The zero-order valence-electron chi connectivity index (χ0n) is 7.09. The Bertz CT molecular complexity index is 311. The summed E-state index contributed by atoms with van der Waals surface area (Å²) in [4.78, 5) is 0. The van der Waals surface area contributed by atoms with Crippen molar-refractivity contribution in [1.29, 1.82) is 0 Å². The summed E-state index contributed by atoms with van der Waals surface area (Å²) in [6.45, 7) is 1.48. The number of halogens is 2. The van der Waals surface area contributed by atoms with Gasteiger partial charge in [0.25, 0.3) is 0 Å². The lowest BCUT2D eigenvalue weighted by Crippen LogP contribution is -2.07. The summed E-state index contributed by atoms with van der Waals surface area (Å²) < 4.78 is 25.7. The van der Waals surface area contributed by atoms with Gasteiger partial charge in [-0.05, 0) is 18.6 Å². The van der Waals surface area contributed by atoms with Crippen molar-refractivity contribution in [3.63, 3.8) is 0 Å². The Balaban J connectivity index is 3.04. The van der Waals surface area contributed by atoms with Crippen LogP contribution in [0.4, 0.5) is 8.78 Å². The van der Waals surface area contributed by atoms with E-state index in [2.05, 4.69) is 0 Å². The molecule has 0 radical (unpaired) electrons. The minimum atomic E-state index is -1.27. The molecule has 0 fully saturated rings. The molecule has 72 valence electrons.